The SMILES string of the molecule is CC(=O)O.CC(=O)O.CC(=O)O.O.O.O.O.[Co]. The topological polar surface area (TPSA) is 238 Å². The van der Waals surface area contributed by atoms with Crippen LogP contribution in [0.5, 0.6) is 0 Å². The molecule has 11 N–H and O–H groups in total. The van der Waals surface area contributed by atoms with E-state index >= 15 is 0 Å². The molecule has 0 aliphatic rings. The molecule has 0 aromatic heterocycles. The van der Waals surface area contributed by atoms with Gasteiger partial charge in [0.15, 0.2) is 0 Å². The zero-order valence-electron chi connectivity index (χ0n) is 9.40. The first-order chi connectivity index (χ1) is 5.20. The number of carboxylic acid groups (broad SMARTS) is 3. The van der Waals surface area contributed by atoms with Crippen LogP contribution in [0.4, 0.5) is 0 Å². The van der Waals surface area contributed by atoms with Crippen molar-refractivity contribution in [2.45, 2.75) is 20.8 Å². The molecule has 0 bridgehead atoms. The number of carboxylic acids is 3. The first-order valence-electron chi connectivity index (χ1n) is 2.78. The second kappa shape index (κ2) is 46.4. The van der Waals surface area contributed by atoms with Crippen LogP contribution in [0.3, 0.4) is 0 Å². The van der Waals surface area contributed by atoms with Gasteiger partial charge in [0.1, 0.15) is 0 Å². The van der Waals surface area contributed by atoms with Crippen molar-refractivity contribution in [3.63, 3.8) is 0 Å². The van der Waals surface area contributed by atoms with Crippen LogP contribution in [0.25, 0.3) is 0 Å². The van der Waals surface area contributed by atoms with Crippen LogP contribution < -0.4 is 0 Å². The summed E-state index contributed by atoms with van der Waals surface area (Å²) in [6.45, 7) is 3.25. The van der Waals surface area contributed by atoms with Crippen LogP contribution in [0, 0.1) is 0 Å². The largest absolute Gasteiger partial charge is 0.481 e. The smallest absolute Gasteiger partial charge is 0.300 e. The van der Waals surface area contributed by atoms with Crippen molar-refractivity contribution in [1.82, 2.24) is 0 Å². The van der Waals surface area contributed by atoms with Crippen molar-refractivity contribution < 1.29 is 68.4 Å². The fourth-order valence-corrected chi connectivity index (χ4v) is 0. The van der Waals surface area contributed by atoms with E-state index in [0.717, 1.165) is 20.8 Å². The van der Waals surface area contributed by atoms with E-state index in [1.54, 1.807) is 0 Å². The Balaban J connectivity index is -0.0000000104. The van der Waals surface area contributed by atoms with Gasteiger partial charge in [-0.05, 0) is 0 Å². The monoisotopic (exact) mass is 311 g/mol. The summed E-state index contributed by atoms with van der Waals surface area (Å²) >= 11 is 0. The van der Waals surface area contributed by atoms with Crippen molar-refractivity contribution in [1.29, 1.82) is 0 Å². The molecule has 11 heteroatoms. The van der Waals surface area contributed by atoms with Crippen LogP contribution in [0.15, 0.2) is 0 Å². The number of aliphatic carboxylic acids is 3. The minimum Gasteiger partial charge on any atom is -0.481 e. The molecule has 0 unspecified atom stereocenters. The second-order valence-corrected chi connectivity index (χ2v) is 1.56. The summed E-state index contributed by atoms with van der Waals surface area (Å²) < 4.78 is 0. The van der Waals surface area contributed by atoms with E-state index in [-0.39, 0.29) is 38.7 Å². The van der Waals surface area contributed by atoms with Gasteiger partial charge in [0.25, 0.3) is 17.9 Å². The van der Waals surface area contributed by atoms with Gasteiger partial charge in [-0.2, -0.15) is 0 Å². The predicted octanol–water partition coefficient (Wildman–Crippen LogP) is -3.03. The van der Waals surface area contributed by atoms with Gasteiger partial charge < -0.3 is 37.2 Å². The molecule has 0 heterocycles. The standard InChI is InChI=1S/3C2H4O2.Co.4H2O/c3*1-2(3)4;;;;;/h3*1H3,(H,3,4);;4*1H2. The van der Waals surface area contributed by atoms with Crippen LogP contribution in [0.1, 0.15) is 20.8 Å². The molecule has 113 valence electrons. The summed E-state index contributed by atoms with van der Waals surface area (Å²) in [5.41, 5.74) is 0. The maximum atomic E-state index is 9.00. The van der Waals surface area contributed by atoms with Gasteiger partial charge in [-0.15, -0.1) is 0 Å². The number of rotatable bonds is 0. The van der Waals surface area contributed by atoms with E-state index in [2.05, 4.69) is 0 Å². The van der Waals surface area contributed by atoms with Crippen LogP contribution in [-0.2, 0) is 31.2 Å². The van der Waals surface area contributed by atoms with Gasteiger partial charge in [-0.3, -0.25) is 14.4 Å². The molecular weight excluding hydrogens is 291 g/mol. The van der Waals surface area contributed by atoms with E-state index < -0.39 is 17.9 Å². The zero-order valence-corrected chi connectivity index (χ0v) is 10.4. The summed E-state index contributed by atoms with van der Waals surface area (Å²) in [6, 6.07) is 0. The fourth-order valence-electron chi connectivity index (χ4n) is 0. The summed E-state index contributed by atoms with van der Waals surface area (Å²) in [4.78, 5) is 27.0. The van der Waals surface area contributed by atoms with Crippen molar-refractivity contribution in [3.8, 4) is 0 Å². The first-order valence-corrected chi connectivity index (χ1v) is 2.78. The molecule has 0 atom stereocenters. The van der Waals surface area contributed by atoms with E-state index in [1.807, 2.05) is 0 Å². The Morgan fingerprint density at radius 2 is 0.588 bits per heavy atom. The predicted molar refractivity (Wildman–Crippen MR) is 54.4 cm³/mol. The van der Waals surface area contributed by atoms with Gasteiger partial charge in [0.05, 0.1) is 0 Å². The third-order valence-corrected chi connectivity index (χ3v) is 0. The van der Waals surface area contributed by atoms with Crippen molar-refractivity contribution in [2.24, 2.45) is 0 Å². The van der Waals surface area contributed by atoms with E-state index in [1.165, 1.54) is 0 Å². The molecule has 0 aliphatic carbocycles. The normalized spacial score (nSPS) is 4.41. The van der Waals surface area contributed by atoms with E-state index in [4.69, 9.17) is 29.7 Å². The molecule has 17 heavy (non-hydrogen) atoms. The van der Waals surface area contributed by atoms with Gasteiger partial charge in [-0.1, -0.05) is 0 Å². The quantitative estimate of drug-likeness (QED) is 0.419. The summed E-state index contributed by atoms with van der Waals surface area (Å²) in [7, 11) is 0. The van der Waals surface area contributed by atoms with Gasteiger partial charge in [-0.25, -0.2) is 0 Å². The molecule has 0 rings (SSSR count). The fraction of sp³-hybridized carbons (Fsp3) is 0.500. The Kier molecular flexibility index (Phi) is 156. The number of carbonyl (C=O) groups is 3. The van der Waals surface area contributed by atoms with Crippen molar-refractivity contribution in [2.75, 3.05) is 0 Å². The minimum absolute atomic E-state index is 0. The van der Waals surface area contributed by atoms with E-state index in [9.17, 15) is 0 Å². The zero-order chi connectivity index (χ0) is 10.7. The van der Waals surface area contributed by atoms with E-state index in [0.29, 0.717) is 0 Å². The molecule has 0 amide bonds. The average Bonchev–Trinajstić information content (AvgIpc) is 1.54. The van der Waals surface area contributed by atoms with Crippen molar-refractivity contribution >= 4 is 17.9 Å². The number of hydrogen-bond acceptors (Lipinski definition) is 3. The summed E-state index contributed by atoms with van der Waals surface area (Å²) in [5, 5.41) is 22.2. The molecule has 0 aromatic carbocycles. The molecule has 10 nitrogen and oxygen atoms in total. The molecular formula is C6H20CoO10. The van der Waals surface area contributed by atoms with Crippen LogP contribution >= 0.6 is 0 Å². The Bertz CT molecular complexity index is 118. The Morgan fingerprint density at radius 3 is 0.588 bits per heavy atom. The Labute approximate surface area is 108 Å². The molecule has 0 saturated heterocycles. The number of hydrogen-bond donors (Lipinski definition) is 3. The molecule has 0 saturated carbocycles. The Morgan fingerprint density at radius 1 is 0.588 bits per heavy atom. The van der Waals surface area contributed by atoms with Crippen LogP contribution in [-0.4, -0.2) is 55.1 Å². The van der Waals surface area contributed by atoms with Gasteiger partial charge in [0, 0.05) is 37.6 Å². The van der Waals surface area contributed by atoms with Crippen molar-refractivity contribution in [3.05, 3.63) is 0 Å². The van der Waals surface area contributed by atoms with Gasteiger partial charge in [0.2, 0.25) is 0 Å². The molecule has 0 fully saturated rings. The average molecular weight is 311 g/mol. The maximum absolute atomic E-state index is 9.00. The molecule has 0 spiro atoms. The van der Waals surface area contributed by atoms with Crippen LogP contribution in [0.2, 0.25) is 0 Å². The summed E-state index contributed by atoms with van der Waals surface area (Å²) in [6.07, 6.45) is 0. The molecule has 1 radical (unpaired) electrons. The Hall–Kier alpha value is -1.24. The van der Waals surface area contributed by atoms with Gasteiger partial charge >= 0.3 is 0 Å². The first kappa shape index (κ1) is 57.0. The third kappa shape index (κ3) is 1550. The minimum atomic E-state index is -0.833. The third-order valence-electron chi connectivity index (χ3n) is 0. The second-order valence-electron chi connectivity index (χ2n) is 1.56. The summed E-state index contributed by atoms with van der Waals surface area (Å²) in [5.74, 6) is -2.50. The molecule has 0 aromatic rings. The maximum Gasteiger partial charge on any atom is 0.300 e. The molecule has 0 aliphatic heterocycles.